The molecule has 0 saturated carbocycles. The van der Waals surface area contributed by atoms with E-state index in [2.05, 4.69) is 73.5 Å². The molecule has 258 valence electrons. The normalized spacial score (nSPS) is 16.8. The number of carbonyl (C=O) groups is 2. The van der Waals surface area contributed by atoms with E-state index in [1.807, 2.05) is 32.9 Å². The number of hydrazine groups is 1. The summed E-state index contributed by atoms with van der Waals surface area (Å²) >= 11 is 0. The number of aromatic nitrogens is 2. The first kappa shape index (κ1) is 36.8. The standard InChI is InChI=1S/C39H53N5O4/c1-10-35(41-27(4)20-31(23-45)28(5)44-19-13-14-26(3)42-44)30-16-17-36-33(21-30)34(22-39(7,8)24-48-25-46)38(43(36)11-2)32-15-12-18-40-37(32)29(6)47-9/h10,12,15-18,21,23,25,28-29,31,42H,3,11,13-14,19-20,22,24H2,1-2,4-9H3/b35-10-,41-27?. The second kappa shape index (κ2) is 16.3. The average molecular weight is 656 g/mol. The minimum absolute atomic E-state index is 0.00892. The number of methoxy groups -OCH3 is 1. The van der Waals surface area contributed by atoms with E-state index in [0.717, 1.165) is 88.3 Å². The number of carbonyl (C=O) groups excluding carboxylic acids is 2. The molecule has 0 bridgehead atoms. The number of fused-ring (bicyclic) bond motifs is 1. The molecule has 9 heteroatoms. The number of hydrogen-bond donors (Lipinski definition) is 1. The fourth-order valence-electron chi connectivity index (χ4n) is 6.78. The van der Waals surface area contributed by atoms with Crippen LogP contribution in [0.5, 0.6) is 0 Å². The first-order valence-corrected chi connectivity index (χ1v) is 17.0. The molecule has 0 amide bonds. The van der Waals surface area contributed by atoms with Crippen LogP contribution >= 0.6 is 0 Å². The highest BCUT2D eigenvalue weighted by Crippen LogP contribution is 2.41. The molecule has 1 aliphatic rings. The predicted octanol–water partition coefficient (Wildman–Crippen LogP) is 7.70. The molecule has 0 radical (unpaired) electrons. The molecule has 3 aromatic rings. The third kappa shape index (κ3) is 8.31. The second-order valence-electron chi connectivity index (χ2n) is 13.6. The molecule has 9 nitrogen and oxygen atoms in total. The molecular formula is C39H53N5O4. The summed E-state index contributed by atoms with van der Waals surface area (Å²) in [6.45, 7) is 21.0. The summed E-state index contributed by atoms with van der Waals surface area (Å²) in [7, 11) is 1.70. The molecular weight excluding hydrogens is 602 g/mol. The number of nitrogens with zero attached hydrogens (tertiary/aromatic N) is 4. The van der Waals surface area contributed by atoms with E-state index in [1.54, 1.807) is 13.3 Å². The number of allylic oxidation sites excluding steroid dienone is 2. The lowest BCUT2D eigenvalue weighted by Crippen LogP contribution is -2.50. The number of aldehydes is 1. The van der Waals surface area contributed by atoms with E-state index in [-0.39, 0.29) is 23.5 Å². The summed E-state index contributed by atoms with van der Waals surface area (Å²) < 4.78 is 13.4. The summed E-state index contributed by atoms with van der Waals surface area (Å²) in [5.74, 6) is -0.209. The number of ether oxygens (including phenoxy) is 2. The number of rotatable bonds is 16. The maximum atomic E-state index is 12.3. The van der Waals surface area contributed by atoms with Gasteiger partial charge in [-0.1, -0.05) is 32.6 Å². The third-order valence-corrected chi connectivity index (χ3v) is 9.39. The molecule has 2 aromatic heterocycles. The van der Waals surface area contributed by atoms with Gasteiger partial charge >= 0.3 is 0 Å². The monoisotopic (exact) mass is 655 g/mol. The van der Waals surface area contributed by atoms with Gasteiger partial charge in [0.25, 0.3) is 6.47 Å². The lowest BCUT2D eigenvalue weighted by Gasteiger charge is -2.37. The van der Waals surface area contributed by atoms with Crippen molar-refractivity contribution < 1.29 is 19.1 Å². The van der Waals surface area contributed by atoms with Crippen molar-refractivity contribution in [3.63, 3.8) is 0 Å². The molecule has 1 fully saturated rings. The summed E-state index contributed by atoms with van der Waals surface area (Å²) in [5.41, 5.74) is 12.0. The van der Waals surface area contributed by atoms with E-state index in [1.165, 1.54) is 0 Å². The highest BCUT2D eigenvalue weighted by Gasteiger charge is 2.29. The Hall–Kier alpha value is -4.08. The Morgan fingerprint density at radius 1 is 1.23 bits per heavy atom. The molecule has 3 atom stereocenters. The van der Waals surface area contributed by atoms with Gasteiger partial charge in [-0.05, 0) is 90.1 Å². The zero-order valence-electron chi connectivity index (χ0n) is 30.0. The zero-order chi connectivity index (χ0) is 35.0. The molecule has 3 unspecified atom stereocenters. The Bertz CT molecular complexity index is 1670. The lowest BCUT2D eigenvalue weighted by atomic mass is 9.84. The average Bonchev–Trinajstić information content (AvgIpc) is 3.39. The number of nitrogens with one attached hydrogen (secondary N) is 1. The fourth-order valence-corrected chi connectivity index (χ4v) is 6.78. The maximum Gasteiger partial charge on any atom is 0.293 e. The topological polar surface area (TPSA) is 98.1 Å². The van der Waals surface area contributed by atoms with Crippen LogP contribution in [-0.2, 0) is 32.0 Å². The minimum atomic E-state index is -0.331. The molecule has 1 aromatic carbocycles. The summed E-state index contributed by atoms with van der Waals surface area (Å²) in [6.07, 6.45) is 7.89. The van der Waals surface area contributed by atoms with Gasteiger partial charge in [-0.25, -0.2) is 5.01 Å². The Morgan fingerprint density at radius 2 is 2.00 bits per heavy atom. The summed E-state index contributed by atoms with van der Waals surface area (Å²) in [6, 6.07) is 10.6. The van der Waals surface area contributed by atoms with Crippen molar-refractivity contribution in [2.45, 2.75) is 92.8 Å². The van der Waals surface area contributed by atoms with E-state index in [4.69, 9.17) is 19.5 Å². The van der Waals surface area contributed by atoms with Gasteiger partial charge in [0.2, 0.25) is 0 Å². The van der Waals surface area contributed by atoms with Crippen molar-refractivity contribution in [1.82, 2.24) is 20.0 Å². The first-order chi connectivity index (χ1) is 23.0. The third-order valence-electron chi connectivity index (χ3n) is 9.39. The van der Waals surface area contributed by atoms with Crippen LogP contribution in [0.2, 0.25) is 0 Å². The van der Waals surface area contributed by atoms with Gasteiger partial charge in [0, 0.05) is 77.2 Å². The van der Waals surface area contributed by atoms with Crippen molar-refractivity contribution >= 4 is 35.1 Å². The van der Waals surface area contributed by atoms with Crippen LogP contribution in [0.25, 0.3) is 27.9 Å². The van der Waals surface area contributed by atoms with Crippen LogP contribution in [0.15, 0.2) is 59.9 Å². The van der Waals surface area contributed by atoms with Crippen molar-refractivity contribution in [2.24, 2.45) is 16.3 Å². The number of aliphatic imine (C=N–C) groups is 1. The van der Waals surface area contributed by atoms with Gasteiger partial charge in [0.15, 0.2) is 0 Å². The molecule has 4 rings (SSSR count). The first-order valence-electron chi connectivity index (χ1n) is 17.0. The van der Waals surface area contributed by atoms with Crippen LogP contribution in [0.4, 0.5) is 0 Å². The van der Waals surface area contributed by atoms with Crippen LogP contribution in [0.1, 0.15) is 90.7 Å². The Labute approximate surface area is 286 Å². The SMILES string of the molecule is C=C1CCCN(C(C)C(C=O)CC(C)=N/C(=C\C)c2ccc3c(c2)c(CC(C)(C)COC=O)c(-c2cccnc2C(C)OC)n3CC)N1. The van der Waals surface area contributed by atoms with Crippen LogP contribution in [-0.4, -0.2) is 59.3 Å². The minimum Gasteiger partial charge on any atom is -0.467 e. The van der Waals surface area contributed by atoms with Crippen molar-refractivity contribution in [2.75, 3.05) is 20.3 Å². The molecule has 0 spiro atoms. The largest absolute Gasteiger partial charge is 0.467 e. The molecule has 3 heterocycles. The summed E-state index contributed by atoms with van der Waals surface area (Å²) in [4.78, 5) is 33.3. The van der Waals surface area contributed by atoms with Gasteiger partial charge in [-0.2, -0.15) is 0 Å². The number of pyridine rings is 1. The molecule has 1 aliphatic heterocycles. The number of hydrogen-bond acceptors (Lipinski definition) is 8. The second-order valence-corrected chi connectivity index (χ2v) is 13.6. The molecule has 1 N–H and O–H groups in total. The van der Waals surface area contributed by atoms with Crippen LogP contribution in [0, 0.1) is 11.3 Å². The fraction of sp³-hybridized carbons (Fsp3) is 0.487. The Kier molecular flexibility index (Phi) is 12.5. The molecule has 0 aliphatic carbocycles. The van der Waals surface area contributed by atoms with Crippen LogP contribution in [0.3, 0.4) is 0 Å². The maximum absolute atomic E-state index is 12.3. The van der Waals surface area contributed by atoms with E-state index >= 15 is 0 Å². The van der Waals surface area contributed by atoms with Gasteiger partial charge in [0.1, 0.15) is 6.29 Å². The van der Waals surface area contributed by atoms with Crippen molar-refractivity contribution in [3.8, 4) is 11.3 Å². The summed E-state index contributed by atoms with van der Waals surface area (Å²) in [5, 5.41) is 3.24. The van der Waals surface area contributed by atoms with Crippen LogP contribution < -0.4 is 5.43 Å². The Morgan fingerprint density at radius 3 is 2.65 bits per heavy atom. The van der Waals surface area contributed by atoms with Gasteiger partial charge in [0.05, 0.1) is 29.8 Å². The van der Waals surface area contributed by atoms with E-state index in [0.29, 0.717) is 25.9 Å². The predicted molar refractivity (Wildman–Crippen MR) is 194 cm³/mol. The van der Waals surface area contributed by atoms with Gasteiger partial charge in [-0.3, -0.25) is 14.8 Å². The Balaban J connectivity index is 1.80. The number of aryl methyl sites for hydroxylation is 1. The smallest absolute Gasteiger partial charge is 0.293 e. The molecule has 48 heavy (non-hydrogen) atoms. The number of benzene rings is 1. The van der Waals surface area contributed by atoms with Gasteiger partial charge in [-0.15, -0.1) is 0 Å². The van der Waals surface area contributed by atoms with E-state index < -0.39 is 0 Å². The van der Waals surface area contributed by atoms with Crippen molar-refractivity contribution in [1.29, 1.82) is 0 Å². The quantitative estimate of drug-likeness (QED) is 0.125. The van der Waals surface area contributed by atoms with Gasteiger partial charge < -0.3 is 24.3 Å². The lowest BCUT2D eigenvalue weighted by molar-refractivity contribution is -0.131. The van der Waals surface area contributed by atoms with E-state index in [9.17, 15) is 9.59 Å². The zero-order valence-corrected chi connectivity index (χ0v) is 30.0. The molecule has 1 saturated heterocycles. The highest BCUT2D eigenvalue weighted by atomic mass is 16.5. The van der Waals surface area contributed by atoms with Crippen molar-refractivity contribution in [3.05, 3.63) is 71.7 Å². The highest BCUT2D eigenvalue weighted by molar-refractivity contribution is 5.96.